The molecule has 1 heterocycles. The molecule has 0 aliphatic heterocycles. The standard InChI is InChI=1S/C21H13BrClF3N2O3/c1-12(30-15-5-3-2-4-6-15)20(29)31-28-18(13-7-9-14(23)10-8-13)16(11-27)17(22)19(28)21(24,25)26/h2-10,12H,1H3. The zero-order chi connectivity index (χ0) is 22.8. The molecule has 0 bridgehead atoms. The molecule has 0 radical (unpaired) electrons. The van der Waals surface area contributed by atoms with Gasteiger partial charge in [-0.25, -0.2) is 4.79 Å². The molecule has 0 spiro atoms. The topological polar surface area (TPSA) is 64.2 Å². The third-order valence-corrected chi connectivity index (χ3v) is 5.16. The van der Waals surface area contributed by atoms with Gasteiger partial charge in [0.15, 0.2) is 11.8 Å². The number of ether oxygens (including phenoxy) is 1. The van der Waals surface area contributed by atoms with Crippen molar-refractivity contribution in [3.05, 3.63) is 75.4 Å². The first-order valence-corrected chi connectivity index (χ1v) is 9.92. The molecule has 31 heavy (non-hydrogen) atoms. The third kappa shape index (κ3) is 4.86. The van der Waals surface area contributed by atoms with Gasteiger partial charge in [0.05, 0.1) is 10.0 Å². The predicted molar refractivity (Wildman–Crippen MR) is 110 cm³/mol. The Morgan fingerprint density at radius 2 is 1.77 bits per heavy atom. The van der Waals surface area contributed by atoms with E-state index in [4.69, 9.17) is 21.2 Å². The van der Waals surface area contributed by atoms with Gasteiger partial charge in [-0.2, -0.15) is 23.2 Å². The van der Waals surface area contributed by atoms with Crippen molar-refractivity contribution in [3.8, 4) is 23.1 Å². The molecular weight excluding hydrogens is 501 g/mol. The molecule has 0 fully saturated rings. The lowest BCUT2D eigenvalue weighted by molar-refractivity contribution is -0.164. The summed E-state index contributed by atoms with van der Waals surface area (Å²) in [5.41, 5.74) is -1.74. The highest BCUT2D eigenvalue weighted by Gasteiger charge is 2.43. The van der Waals surface area contributed by atoms with Crippen LogP contribution in [0.5, 0.6) is 5.75 Å². The van der Waals surface area contributed by atoms with Crippen molar-refractivity contribution < 1.29 is 27.5 Å². The number of nitrogens with zero attached hydrogens (tertiary/aromatic N) is 2. The SMILES string of the molecule is CC(Oc1ccccc1)C(=O)On1c(-c2ccc(Cl)cc2)c(C#N)c(Br)c1C(F)(F)F. The van der Waals surface area contributed by atoms with E-state index in [9.17, 15) is 23.2 Å². The first-order chi connectivity index (χ1) is 14.6. The Bertz CT molecular complexity index is 1140. The Morgan fingerprint density at radius 1 is 1.16 bits per heavy atom. The lowest BCUT2D eigenvalue weighted by Crippen LogP contribution is -2.35. The molecular formula is C21H13BrClF3N2O3. The van der Waals surface area contributed by atoms with Gasteiger partial charge < -0.3 is 9.57 Å². The van der Waals surface area contributed by atoms with E-state index in [2.05, 4.69) is 15.9 Å². The minimum absolute atomic E-state index is 0.196. The molecule has 160 valence electrons. The minimum Gasteiger partial charge on any atom is -0.479 e. The van der Waals surface area contributed by atoms with Gasteiger partial charge in [0.1, 0.15) is 17.5 Å². The average Bonchev–Trinajstić information content (AvgIpc) is 3.00. The van der Waals surface area contributed by atoms with Crippen LogP contribution in [0, 0.1) is 11.3 Å². The molecule has 1 unspecified atom stereocenters. The lowest BCUT2D eigenvalue weighted by atomic mass is 10.1. The van der Waals surface area contributed by atoms with Crippen LogP contribution < -0.4 is 9.57 Å². The number of hydrogen-bond donors (Lipinski definition) is 0. The number of alkyl halides is 3. The number of rotatable bonds is 5. The summed E-state index contributed by atoms with van der Waals surface area (Å²) in [4.78, 5) is 17.7. The summed E-state index contributed by atoms with van der Waals surface area (Å²) in [6.45, 7) is 1.34. The summed E-state index contributed by atoms with van der Waals surface area (Å²) in [6, 6.07) is 15.7. The van der Waals surface area contributed by atoms with Crippen LogP contribution in [0.25, 0.3) is 11.3 Å². The molecule has 0 N–H and O–H groups in total. The molecule has 0 saturated heterocycles. The quantitative estimate of drug-likeness (QED) is 0.427. The largest absolute Gasteiger partial charge is 0.479 e. The number of hydrogen-bond acceptors (Lipinski definition) is 4. The van der Waals surface area contributed by atoms with E-state index in [-0.39, 0.29) is 16.8 Å². The monoisotopic (exact) mass is 512 g/mol. The number of nitriles is 1. The molecule has 2 aromatic carbocycles. The van der Waals surface area contributed by atoms with E-state index in [1.807, 2.05) is 0 Å². The maximum absolute atomic E-state index is 13.8. The Labute approximate surface area is 188 Å². The summed E-state index contributed by atoms with van der Waals surface area (Å²) >= 11 is 8.69. The van der Waals surface area contributed by atoms with Crippen LogP contribution in [0.3, 0.4) is 0 Å². The zero-order valence-electron chi connectivity index (χ0n) is 15.8. The number of benzene rings is 2. The van der Waals surface area contributed by atoms with Crippen LogP contribution in [0.4, 0.5) is 13.2 Å². The van der Waals surface area contributed by atoms with Crippen molar-refractivity contribution in [2.75, 3.05) is 0 Å². The maximum atomic E-state index is 13.8. The summed E-state index contributed by atoms with van der Waals surface area (Å²) in [5, 5.41) is 9.85. The molecule has 3 aromatic rings. The van der Waals surface area contributed by atoms with Crippen molar-refractivity contribution in [3.63, 3.8) is 0 Å². The maximum Gasteiger partial charge on any atom is 0.435 e. The van der Waals surface area contributed by atoms with E-state index >= 15 is 0 Å². The fourth-order valence-corrected chi connectivity index (χ4v) is 3.53. The van der Waals surface area contributed by atoms with Gasteiger partial charge in [-0.1, -0.05) is 41.9 Å². The number of aromatic nitrogens is 1. The average molecular weight is 514 g/mol. The molecule has 1 atom stereocenters. The van der Waals surface area contributed by atoms with Crippen LogP contribution in [-0.4, -0.2) is 16.8 Å². The summed E-state index contributed by atoms with van der Waals surface area (Å²) < 4.78 is 46.6. The Kier molecular flexibility index (Phi) is 6.62. The van der Waals surface area contributed by atoms with Crippen LogP contribution in [0.1, 0.15) is 18.2 Å². The van der Waals surface area contributed by atoms with Crippen LogP contribution in [0.15, 0.2) is 59.1 Å². The van der Waals surface area contributed by atoms with Gasteiger partial charge in [-0.15, -0.1) is 0 Å². The molecule has 0 amide bonds. The highest BCUT2D eigenvalue weighted by molar-refractivity contribution is 9.10. The summed E-state index contributed by atoms with van der Waals surface area (Å²) in [5.74, 6) is -0.746. The number of para-hydroxylation sites is 1. The van der Waals surface area contributed by atoms with Gasteiger partial charge in [0.2, 0.25) is 0 Å². The second kappa shape index (κ2) is 9.04. The van der Waals surface area contributed by atoms with Crippen molar-refractivity contribution in [1.82, 2.24) is 4.73 Å². The highest BCUT2D eigenvalue weighted by atomic mass is 79.9. The van der Waals surface area contributed by atoms with Crippen molar-refractivity contribution in [2.24, 2.45) is 0 Å². The zero-order valence-corrected chi connectivity index (χ0v) is 18.1. The second-order valence-corrected chi connectivity index (χ2v) is 7.51. The first-order valence-electron chi connectivity index (χ1n) is 8.74. The van der Waals surface area contributed by atoms with Crippen molar-refractivity contribution >= 4 is 33.5 Å². The molecule has 3 rings (SSSR count). The number of halogens is 5. The van der Waals surface area contributed by atoms with E-state index in [0.717, 1.165) is 0 Å². The van der Waals surface area contributed by atoms with E-state index in [1.54, 1.807) is 36.4 Å². The molecule has 0 aliphatic rings. The molecule has 0 aliphatic carbocycles. The van der Waals surface area contributed by atoms with Crippen LogP contribution in [-0.2, 0) is 11.0 Å². The summed E-state index contributed by atoms with van der Waals surface area (Å²) in [6.07, 6.45) is -6.16. The molecule has 0 saturated carbocycles. The Hall–Kier alpha value is -2.96. The lowest BCUT2D eigenvalue weighted by Gasteiger charge is -2.18. The van der Waals surface area contributed by atoms with Crippen LogP contribution >= 0.6 is 27.5 Å². The minimum atomic E-state index is -4.93. The number of carbonyl (C=O) groups is 1. The fourth-order valence-electron chi connectivity index (χ4n) is 2.74. The summed E-state index contributed by atoms with van der Waals surface area (Å²) in [7, 11) is 0. The van der Waals surface area contributed by atoms with E-state index in [0.29, 0.717) is 15.5 Å². The van der Waals surface area contributed by atoms with Crippen molar-refractivity contribution in [2.45, 2.75) is 19.2 Å². The smallest absolute Gasteiger partial charge is 0.435 e. The van der Waals surface area contributed by atoms with E-state index in [1.165, 1.54) is 31.2 Å². The third-order valence-electron chi connectivity index (χ3n) is 4.14. The predicted octanol–water partition coefficient (Wildman–Crippen LogP) is 5.88. The van der Waals surface area contributed by atoms with Gasteiger partial charge in [0.25, 0.3) is 0 Å². The van der Waals surface area contributed by atoms with E-state index < -0.39 is 28.4 Å². The highest BCUT2D eigenvalue weighted by Crippen LogP contribution is 2.42. The van der Waals surface area contributed by atoms with Gasteiger partial charge >= 0.3 is 12.1 Å². The molecule has 10 heteroatoms. The second-order valence-electron chi connectivity index (χ2n) is 6.28. The molecule has 5 nitrogen and oxygen atoms in total. The number of carbonyl (C=O) groups excluding carboxylic acids is 1. The fraction of sp³-hybridized carbons (Fsp3) is 0.143. The van der Waals surface area contributed by atoms with Crippen LogP contribution in [0.2, 0.25) is 5.02 Å². The van der Waals surface area contributed by atoms with Gasteiger partial charge in [-0.3, -0.25) is 0 Å². The molecule has 1 aromatic heterocycles. The van der Waals surface area contributed by atoms with Crippen molar-refractivity contribution in [1.29, 1.82) is 5.26 Å². The Balaban J connectivity index is 2.08. The van der Waals surface area contributed by atoms with Gasteiger partial charge in [0, 0.05) is 10.6 Å². The van der Waals surface area contributed by atoms with Gasteiger partial charge in [-0.05, 0) is 47.1 Å². The normalized spacial score (nSPS) is 12.2. The Morgan fingerprint density at radius 3 is 2.32 bits per heavy atom. The first kappa shape index (κ1) is 22.7.